The summed E-state index contributed by atoms with van der Waals surface area (Å²) in [4.78, 5) is 11.6. The van der Waals surface area contributed by atoms with Crippen molar-refractivity contribution in [3.05, 3.63) is 25.0 Å². The minimum atomic E-state index is -0.551. The summed E-state index contributed by atoms with van der Waals surface area (Å²) in [6.45, 7) is 10.9. The lowest BCUT2D eigenvalue weighted by atomic mass is 9.75. The maximum atomic E-state index is 11.6. The fraction of sp³-hybridized carbons (Fsp3) is 0.643. The van der Waals surface area contributed by atoms with Crippen LogP contribution < -0.4 is 0 Å². The molecule has 1 aliphatic rings. The van der Waals surface area contributed by atoms with Gasteiger partial charge >= 0.3 is 5.97 Å². The van der Waals surface area contributed by atoms with E-state index in [1.165, 1.54) is 12.7 Å². The van der Waals surface area contributed by atoms with Gasteiger partial charge in [0.15, 0.2) is 0 Å². The first-order chi connectivity index (χ1) is 7.99. The highest BCUT2D eigenvalue weighted by Crippen LogP contribution is 2.40. The Bertz CT molecular complexity index is 301. The lowest BCUT2D eigenvalue weighted by Gasteiger charge is -2.38. The van der Waals surface area contributed by atoms with Gasteiger partial charge in [0.2, 0.25) is 6.29 Å². The molecule has 1 saturated carbocycles. The Morgan fingerprint density at radius 3 is 2.41 bits per heavy atom. The SMILES string of the molecule is C=COC(OC(=O)C(=C)C)C1(C)CCCCC1. The third kappa shape index (κ3) is 3.62. The van der Waals surface area contributed by atoms with Crippen LogP contribution in [0.2, 0.25) is 0 Å². The van der Waals surface area contributed by atoms with Gasteiger partial charge in [-0.2, -0.15) is 0 Å². The van der Waals surface area contributed by atoms with Gasteiger partial charge in [-0.15, -0.1) is 0 Å². The van der Waals surface area contributed by atoms with Gasteiger partial charge in [-0.05, 0) is 19.8 Å². The standard InChI is InChI=1S/C14H22O3/c1-5-16-13(17-12(15)11(2)3)14(4)9-7-6-8-10-14/h5,13H,1-2,6-10H2,3-4H3. The van der Waals surface area contributed by atoms with Crippen molar-refractivity contribution in [3.8, 4) is 0 Å². The maximum absolute atomic E-state index is 11.6. The van der Waals surface area contributed by atoms with Gasteiger partial charge in [0.1, 0.15) is 0 Å². The first-order valence-electron chi connectivity index (χ1n) is 6.12. The summed E-state index contributed by atoms with van der Waals surface area (Å²) >= 11 is 0. The van der Waals surface area contributed by atoms with Crippen LogP contribution in [-0.4, -0.2) is 12.3 Å². The van der Waals surface area contributed by atoms with Gasteiger partial charge in [0.05, 0.1) is 6.26 Å². The van der Waals surface area contributed by atoms with Crippen molar-refractivity contribution in [2.24, 2.45) is 5.41 Å². The molecule has 17 heavy (non-hydrogen) atoms. The quantitative estimate of drug-likeness (QED) is 0.318. The molecule has 1 unspecified atom stereocenters. The van der Waals surface area contributed by atoms with E-state index in [1.807, 2.05) is 0 Å². The minimum absolute atomic E-state index is 0.114. The molecule has 0 aromatic rings. The summed E-state index contributed by atoms with van der Waals surface area (Å²) < 4.78 is 10.7. The first-order valence-corrected chi connectivity index (χ1v) is 6.12. The van der Waals surface area contributed by atoms with Crippen molar-refractivity contribution in [2.75, 3.05) is 0 Å². The molecule has 0 N–H and O–H groups in total. The first kappa shape index (κ1) is 13.8. The third-order valence-corrected chi connectivity index (χ3v) is 3.35. The van der Waals surface area contributed by atoms with E-state index in [0.29, 0.717) is 5.57 Å². The van der Waals surface area contributed by atoms with Crippen molar-refractivity contribution in [2.45, 2.75) is 52.2 Å². The van der Waals surface area contributed by atoms with Gasteiger partial charge in [0, 0.05) is 11.0 Å². The molecule has 0 radical (unpaired) electrons. The van der Waals surface area contributed by atoms with Crippen LogP contribution in [0, 0.1) is 5.41 Å². The summed E-state index contributed by atoms with van der Waals surface area (Å²) in [5, 5.41) is 0. The highest BCUT2D eigenvalue weighted by atomic mass is 16.7. The summed E-state index contributed by atoms with van der Waals surface area (Å²) in [5.74, 6) is -0.399. The lowest BCUT2D eigenvalue weighted by Crippen LogP contribution is -2.39. The van der Waals surface area contributed by atoms with Crippen LogP contribution in [0.3, 0.4) is 0 Å². The van der Waals surface area contributed by atoms with Crippen LogP contribution in [0.15, 0.2) is 25.0 Å². The molecule has 0 heterocycles. The van der Waals surface area contributed by atoms with E-state index >= 15 is 0 Å². The number of carbonyl (C=O) groups is 1. The molecule has 1 fully saturated rings. The summed E-state index contributed by atoms with van der Waals surface area (Å²) in [6, 6.07) is 0. The van der Waals surface area contributed by atoms with E-state index in [0.717, 1.165) is 25.7 Å². The van der Waals surface area contributed by atoms with E-state index in [9.17, 15) is 4.79 Å². The zero-order chi connectivity index (χ0) is 12.9. The molecule has 0 amide bonds. The van der Waals surface area contributed by atoms with Crippen molar-refractivity contribution in [1.82, 2.24) is 0 Å². The molecule has 0 saturated heterocycles. The smallest absolute Gasteiger partial charge is 0.336 e. The Hall–Kier alpha value is -1.25. The van der Waals surface area contributed by atoms with E-state index in [1.54, 1.807) is 6.92 Å². The Morgan fingerprint density at radius 1 is 1.35 bits per heavy atom. The summed E-state index contributed by atoms with van der Waals surface area (Å²) in [5.41, 5.74) is 0.277. The molecular weight excluding hydrogens is 216 g/mol. The number of hydrogen-bond donors (Lipinski definition) is 0. The van der Waals surface area contributed by atoms with Crippen LogP contribution in [0.1, 0.15) is 46.0 Å². The molecule has 1 atom stereocenters. The van der Waals surface area contributed by atoms with Crippen molar-refractivity contribution >= 4 is 5.97 Å². The van der Waals surface area contributed by atoms with Crippen LogP contribution in [0.5, 0.6) is 0 Å². The average molecular weight is 238 g/mol. The number of carbonyl (C=O) groups excluding carboxylic acids is 1. The monoisotopic (exact) mass is 238 g/mol. The molecule has 0 spiro atoms. The highest BCUT2D eigenvalue weighted by molar-refractivity contribution is 5.87. The summed E-state index contributed by atoms with van der Waals surface area (Å²) in [7, 11) is 0. The molecule has 0 aromatic carbocycles. The highest BCUT2D eigenvalue weighted by Gasteiger charge is 2.39. The Balaban J connectivity index is 2.72. The predicted octanol–water partition coefficient (Wildman–Crippen LogP) is 3.56. The van der Waals surface area contributed by atoms with Crippen LogP contribution >= 0.6 is 0 Å². The third-order valence-electron chi connectivity index (χ3n) is 3.35. The molecule has 0 aliphatic heterocycles. The fourth-order valence-electron chi connectivity index (χ4n) is 2.21. The van der Waals surface area contributed by atoms with Crippen LogP contribution in [0.25, 0.3) is 0 Å². The Labute approximate surface area is 103 Å². The second-order valence-corrected chi connectivity index (χ2v) is 5.04. The van der Waals surface area contributed by atoms with Gasteiger partial charge < -0.3 is 9.47 Å². The Kier molecular flexibility index (Phi) is 4.79. The predicted molar refractivity (Wildman–Crippen MR) is 67.2 cm³/mol. The second kappa shape index (κ2) is 5.89. The zero-order valence-corrected chi connectivity index (χ0v) is 10.8. The van der Waals surface area contributed by atoms with E-state index < -0.39 is 12.3 Å². The molecular formula is C14H22O3. The minimum Gasteiger partial charge on any atom is -0.462 e. The molecule has 3 heteroatoms. The average Bonchev–Trinajstić information content (AvgIpc) is 2.29. The van der Waals surface area contributed by atoms with Gasteiger partial charge in [-0.25, -0.2) is 4.79 Å². The fourth-order valence-corrected chi connectivity index (χ4v) is 2.21. The van der Waals surface area contributed by atoms with Crippen LogP contribution in [0.4, 0.5) is 0 Å². The van der Waals surface area contributed by atoms with Crippen molar-refractivity contribution in [1.29, 1.82) is 0 Å². The van der Waals surface area contributed by atoms with Gasteiger partial charge in [0.25, 0.3) is 0 Å². The number of ether oxygens (including phenoxy) is 2. The molecule has 0 aromatic heterocycles. The molecule has 1 rings (SSSR count). The van der Waals surface area contributed by atoms with Crippen molar-refractivity contribution in [3.63, 3.8) is 0 Å². The zero-order valence-electron chi connectivity index (χ0n) is 10.8. The van der Waals surface area contributed by atoms with Crippen LogP contribution in [-0.2, 0) is 14.3 Å². The normalized spacial score (nSPS) is 20.1. The van der Waals surface area contributed by atoms with E-state index in [4.69, 9.17) is 9.47 Å². The number of rotatable bonds is 5. The molecule has 96 valence electrons. The Morgan fingerprint density at radius 2 is 1.94 bits per heavy atom. The number of hydrogen-bond acceptors (Lipinski definition) is 3. The van der Waals surface area contributed by atoms with Gasteiger partial charge in [-0.3, -0.25) is 0 Å². The van der Waals surface area contributed by atoms with E-state index in [2.05, 4.69) is 20.1 Å². The number of esters is 1. The van der Waals surface area contributed by atoms with Gasteiger partial charge in [-0.1, -0.05) is 39.3 Å². The summed E-state index contributed by atoms with van der Waals surface area (Å²) in [6.07, 6.45) is 6.35. The maximum Gasteiger partial charge on any atom is 0.336 e. The topological polar surface area (TPSA) is 35.5 Å². The molecule has 3 nitrogen and oxygen atoms in total. The van der Waals surface area contributed by atoms with Crippen molar-refractivity contribution < 1.29 is 14.3 Å². The molecule has 1 aliphatic carbocycles. The van der Waals surface area contributed by atoms with E-state index in [-0.39, 0.29) is 5.41 Å². The molecule has 0 bridgehead atoms. The largest absolute Gasteiger partial charge is 0.462 e. The lowest BCUT2D eigenvalue weighted by molar-refractivity contribution is -0.193. The second-order valence-electron chi connectivity index (χ2n) is 5.04.